The average molecular weight is 365 g/mol. The maximum Gasteiger partial charge on any atom is 0.252 e. The zero-order valence-corrected chi connectivity index (χ0v) is 14.5. The molecule has 3 rings (SSSR count). The monoisotopic (exact) mass is 364 g/mol. The largest absolute Gasteiger partial charge is 0.324 e. The number of nitrogens with zero attached hydrogens (tertiary/aromatic N) is 1. The fourth-order valence-electron chi connectivity index (χ4n) is 2.48. The lowest BCUT2D eigenvalue weighted by molar-refractivity contribution is -0.128. The number of hydrogen-bond donors (Lipinski definition) is 1. The predicted molar refractivity (Wildman–Crippen MR) is 94.2 cm³/mol. The minimum absolute atomic E-state index is 0.0944. The molecule has 7 heteroatoms. The molecule has 2 amide bonds. The first-order valence-electron chi connectivity index (χ1n) is 7.15. The van der Waals surface area contributed by atoms with Crippen molar-refractivity contribution in [3.05, 3.63) is 53.3 Å². The second-order valence-corrected chi connectivity index (χ2v) is 7.42. The van der Waals surface area contributed by atoms with E-state index in [2.05, 4.69) is 5.32 Å². The third-order valence-electron chi connectivity index (χ3n) is 3.86. The summed E-state index contributed by atoms with van der Waals surface area (Å²) >= 11 is 6.93. The van der Waals surface area contributed by atoms with Crippen LogP contribution in [-0.4, -0.2) is 23.6 Å². The summed E-state index contributed by atoms with van der Waals surface area (Å²) < 4.78 is 11.9. The first kappa shape index (κ1) is 16.8. The highest BCUT2D eigenvalue weighted by Gasteiger charge is 2.48. The van der Waals surface area contributed by atoms with E-state index in [0.717, 1.165) is 16.6 Å². The highest BCUT2D eigenvalue weighted by molar-refractivity contribution is 8.02. The van der Waals surface area contributed by atoms with Crippen LogP contribution in [0, 0.1) is 5.82 Å². The quantitative estimate of drug-likeness (QED) is 0.821. The highest BCUT2D eigenvalue weighted by atomic mass is 35.5. The Morgan fingerprint density at radius 3 is 2.71 bits per heavy atom. The van der Waals surface area contributed by atoms with Gasteiger partial charge in [-0.2, -0.15) is 0 Å². The summed E-state index contributed by atoms with van der Waals surface area (Å²) in [7, 11) is 1.64. The first-order chi connectivity index (χ1) is 11.3. The number of carbonyl (C=O) groups excluding carboxylic acids is 2. The van der Waals surface area contributed by atoms with Crippen LogP contribution >= 0.6 is 23.4 Å². The minimum atomic E-state index is -1.33. The molecule has 1 unspecified atom stereocenters. The van der Waals surface area contributed by atoms with E-state index in [9.17, 15) is 14.0 Å². The number of carbonyl (C=O) groups is 2. The number of hydrogen-bond acceptors (Lipinski definition) is 3. The van der Waals surface area contributed by atoms with Gasteiger partial charge in [0.25, 0.3) is 5.91 Å². The maximum absolute atomic E-state index is 13.2. The van der Waals surface area contributed by atoms with Crippen molar-refractivity contribution in [3.63, 3.8) is 0 Å². The summed E-state index contributed by atoms with van der Waals surface area (Å²) in [5.74, 6) is -1.38. The van der Waals surface area contributed by atoms with Gasteiger partial charge in [-0.15, -0.1) is 0 Å². The number of nitrogens with one attached hydrogen (secondary N) is 1. The van der Waals surface area contributed by atoms with E-state index in [4.69, 9.17) is 11.6 Å². The van der Waals surface area contributed by atoms with Crippen LogP contribution in [0.2, 0.25) is 5.02 Å². The zero-order valence-electron chi connectivity index (χ0n) is 13.0. The second kappa shape index (κ2) is 6.11. The van der Waals surface area contributed by atoms with E-state index < -0.39 is 16.5 Å². The van der Waals surface area contributed by atoms with Gasteiger partial charge in [0.05, 0.1) is 10.7 Å². The number of amides is 2. The van der Waals surface area contributed by atoms with Gasteiger partial charge in [-0.3, -0.25) is 9.59 Å². The number of benzene rings is 2. The molecule has 2 aromatic carbocycles. The van der Waals surface area contributed by atoms with E-state index in [1.165, 1.54) is 28.8 Å². The summed E-state index contributed by atoms with van der Waals surface area (Å²) in [6, 6.07) is 11.3. The topological polar surface area (TPSA) is 49.4 Å². The molecular formula is C17H14ClFN2O2S. The number of halogens is 2. The Morgan fingerprint density at radius 2 is 2.00 bits per heavy atom. The Hall–Kier alpha value is -2.05. The van der Waals surface area contributed by atoms with Crippen molar-refractivity contribution in [2.24, 2.45) is 0 Å². The molecular weight excluding hydrogens is 351 g/mol. The smallest absolute Gasteiger partial charge is 0.252 e. The SMILES string of the molecule is CN1C(=O)C(C)(C(=O)Nc2ccc(F)c(Cl)c2)Sc2ccccc21. The van der Waals surface area contributed by atoms with Crippen LogP contribution < -0.4 is 10.2 Å². The molecule has 0 saturated carbocycles. The molecule has 0 spiro atoms. The molecule has 4 nitrogen and oxygen atoms in total. The van der Waals surface area contributed by atoms with Gasteiger partial charge in [0.15, 0.2) is 4.75 Å². The Bertz CT molecular complexity index is 845. The Balaban J connectivity index is 1.91. The number of anilines is 2. The van der Waals surface area contributed by atoms with E-state index in [1.54, 1.807) is 14.0 Å². The van der Waals surface area contributed by atoms with Crippen LogP contribution in [0.1, 0.15) is 6.92 Å². The Morgan fingerprint density at radius 1 is 1.29 bits per heavy atom. The molecule has 2 aromatic rings. The standard InChI is InChI=1S/C17H14ClFN2O2S/c1-17(15(22)20-10-7-8-12(19)11(18)9-10)16(23)21(2)13-5-3-4-6-14(13)24-17/h3-9H,1-2H3,(H,20,22). The average Bonchev–Trinajstić information content (AvgIpc) is 2.56. The summed E-state index contributed by atoms with van der Waals surface area (Å²) in [5, 5.41) is 2.55. The molecule has 1 heterocycles. The third kappa shape index (κ3) is 2.76. The lowest BCUT2D eigenvalue weighted by atomic mass is 10.1. The molecule has 1 aliphatic heterocycles. The summed E-state index contributed by atoms with van der Waals surface area (Å²) in [6.07, 6.45) is 0. The summed E-state index contributed by atoms with van der Waals surface area (Å²) in [5.41, 5.74) is 1.10. The van der Waals surface area contributed by atoms with Gasteiger partial charge in [-0.25, -0.2) is 4.39 Å². The van der Waals surface area contributed by atoms with E-state index in [1.807, 2.05) is 24.3 Å². The second-order valence-electron chi connectivity index (χ2n) is 5.55. The molecule has 0 aliphatic carbocycles. The maximum atomic E-state index is 13.2. The molecule has 0 fully saturated rings. The molecule has 124 valence electrons. The number of thioether (sulfide) groups is 1. The lowest BCUT2D eigenvalue weighted by Crippen LogP contribution is -2.53. The molecule has 0 aromatic heterocycles. The van der Waals surface area contributed by atoms with Gasteiger partial charge in [0, 0.05) is 17.6 Å². The van der Waals surface area contributed by atoms with Crippen molar-refractivity contribution < 1.29 is 14.0 Å². The fraction of sp³-hybridized carbons (Fsp3) is 0.176. The van der Waals surface area contributed by atoms with Gasteiger partial charge in [0.2, 0.25) is 5.91 Å². The molecule has 0 saturated heterocycles. The van der Waals surface area contributed by atoms with Crippen molar-refractivity contribution >= 4 is 46.6 Å². The first-order valence-corrected chi connectivity index (χ1v) is 8.35. The van der Waals surface area contributed by atoms with Crippen LogP contribution in [0.3, 0.4) is 0 Å². The number of rotatable bonds is 2. The van der Waals surface area contributed by atoms with Gasteiger partial charge < -0.3 is 10.2 Å². The fourth-order valence-corrected chi connectivity index (χ4v) is 3.93. The van der Waals surface area contributed by atoms with Crippen molar-refractivity contribution in [2.75, 3.05) is 17.3 Å². The number of fused-ring (bicyclic) bond motifs is 1. The zero-order chi connectivity index (χ0) is 17.5. The van der Waals surface area contributed by atoms with Crippen molar-refractivity contribution in [3.8, 4) is 0 Å². The van der Waals surface area contributed by atoms with Crippen LogP contribution in [0.15, 0.2) is 47.4 Å². The Kier molecular flexibility index (Phi) is 4.27. The van der Waals surface area contributed by atoms with Crippen molar-refractivity contribution in [1.29, 1.82) is 0 Å². The Labute approximate surface area is 148 Å². The van der Waals surface area contributed by atoms with Gasteiger partial charge in [-0.1, -0.05) is 35.5 Å². The predicted octanol–water partition coefficient (Wildman–Crippen LogP) is 3.95. The third-order valence-corrected chi connectivity index (χ3v) is 5.49. The normalized spacial score (nSPS) is 19.8. The van der Waals surface area contributed by atoms with E-state index in [0.29, 0.717) is 5.69 Å². The minimum Gasteiger partial charge on any atom is -0.324 e. The van der Waals surface area contributed by atoms with E-state index in [-0.39, 0.29) is 10.9 Å². The van der Waals surface area contributed by atoms with E-state index >= 15 is 0 Å². The van der Waals surface area contributed by atoms with Crippen LogP contribution in [0.5, 0.6) is 0 Å². The molecule has 1 aliphatic rings. The highest BCUT2D eigenvalue weighted by Crippen LogP contribution is 2.45. The van der Waals surface area contributed by atoms with Gasteiger partial charge >= 0.3 is 0 Å². The lowest BCUT2D eigenvalue weighted by Gasteiger charge is -2.36. The van der Waals surface area contributed by atoms with Gasteiger partial charge in [-0.05, 0) is 37.3 Å². The van der Waals surface area contributed by atoms with Crippen LogP contribution in [0.25, 0.3) is 0 Å². The molecule has 0 bridgehead atoms. The van der Waals surface area contributed by atoms with Crippen LogP contribution in [-0.2, 0) is 9.59 Å². The molecule has 24 heavy (non-hydrogen) atoms. The molecule has 0 radical (unpaired) electrons. The van der Waals surface area contributed by atoms with Crippen molar-refractivity contribution in [1.82, 2.24) is 0 Å². The molecule has 1 atom stereocenters. The number of para-hydroxylation sites is 1. The summed E-state index contributed by atoms with van der Waals surface area (Å²) in [6.45, 7) is 1.58. The van der Waals surface area contributed by atoms with Gasteiger partial charge in [0.1, 0.15) is 5.82 Å². The van der Waals surface area contributed by atoms with Crippen molar-refractivity contribution in [2.45, 2.75) is 16.6 Å². The summed E-state index contributed by atoms with van der Waals surface area (Å²) in [4.78, 5) is 27.8. The van der Waals surface area contributed by atoms with Crippen LogP contribution in [0.4, 0.5) is 15.8 Å². The molecule has 1 N–H and O–H groups in total.